The highest BCUT2D eigenvalue weighted by Gasteiger charge is 2.34. The predicted octanol–water partition coefficient (Wildman–Crippen LogP) is 3.28. The van der Waals surface area contributed by atoms with Gasteiger partial charge >= 0.3 is 6.18 Å². The Morgan fingerprint density at radius 1 is 1.27 bits per heavy atom. The van der Waals surface area contributed by atoms with Gasteiger partial charge in [0.05, 0.1) is 12.2 Å². The molecule has 0 bridgehead atoms. The van der Waals surface area contributed by atoms with Gasteiger partial charge in [0.15, 0.2) is 0 Å². The maximum absolute atomic E-state index is 12.5. The molecule has 82 valence electrons. The number of hydrogen-bond acceptors (Lipinski definition) is 1. The Kier molecular flexibility index (Phi) is 3.77. The van der Waals surface area contributed by atoms with Crippen molar-refractivity contribution in [3.63, 3.8) is 0 Å². The number of hydrogen-bond donors (Lipinski definition) is 1. The van der Waals surface area contributed by atoms with Gasteiger partial charge < -0.3 is 5.11 Å². The van der Waals surface area contributed by atoms with Gasteiger partial charge in [-0.15, -0.1) is 0 Å². The molecule has 0 amide bonds. The molecule has 0 aliphatic heterocycles. The maximum Gasteiger partial charge on any atom is 0.416 e. The van der Waals surface area contributed by atoms with Crippen molar-refractivity contribution in [3.05, 3.63) is 40.9 Å². The molecule has 0 saturated carbocycles. The molecular formula is C10H8ClF3O. The number of halogens is 4. The highest BCUT2D eigenvalue weighted by Crippen LogP contribution is 2.33. The molecule has 0 spiro atoms. The average molecular weight is 237 g/mol. The second-order valence-corrected chi connectivity index (χ2v) is 3.24. The third-order valence-corrected chi connectivity index (χ3v) is 2.01. The first kappa shape index (κ1) is 12.1. The molecule has 0 saturated heterocycles. The molecule has 0 radical (unpaired) electrons. The zero-order chi connectivity index (χ0) is 11.5. The summed E-state index contributed by atoms with van der Waals surface area (Å²) in [5.74, 6) is 0. The van der Waals surface area contributed by atoms with Crippen LogP contribution in [0.4, 0.5) is 13.2 Å². The van der Waals surface area contributed by atoms with Crippen LogP contribution >= 0.6 is 11.6 Å². The van der Waals surface area contributed by atoms with E-state index in [-0.39, 0.29) is 5.56 Å². The van der Waals surface area contributed by atoms with E-state index < -0.39 is 18.4 Å². The molecular weight excluding hydrogens is 229 g/mol. The quantitative estimate of drug-likeness (QED) is 0.836. The van der Waals surface area contributed by atoms with Gasteiger partial charge in [0.1, 0.15) is 0 Å². The molecule has 1 aromatic carbocycles. The zero-order valence-corrected chi connectivity index (χ0v) is 8.31. The summed E-state index contributed by atoms with van der Waals surface area (Å²) in [4.78, 5) is 0. The van der Waals surface area contributed by atoms with E-state index in [1.165, 1.54) is 24.3 Å². The van der Waals surface area contributed by atoms with E-state index in [1.807, 2.05) is 0 Å². The van der Waals surface area contributed by atoms with Crippen LogP contribution in [0.1, 0.15) is 5.56 Å². The lowest BCUT2D eigenvalue weighted by Crippen LogP contribution is -2.11. The number of allylic oxidation sites excluding steroid dienone is 1. The number of aliphatic hydroxyl groups is 1. The summed E-state index contributed by atoms with van der Waals surface area (Å²) in [7, 11) is 0. The van der Waals surface area contributed by atoms with Crippen molar-refractivity contribution in [1.29, 1.82) is 0 Å². The third-order valence-electron chi connectivity index (χ3n) is 1.76. The average Bonchev–Trinajstić information content (AvgIpc) is 2.14. The second-order valence-electron chi connectivity index (χ2n) is 2.81. The van der Waals surface area contributed by atoms with Crippen molar-refractivity contribution in [1.82, 2.24) is 0 Å². The minimum Gasteiger partial charge on any atom is -0.392 e. The van der Waals surface area contributed by atoms with Gasteiger partial charge in [0.25, 0.3) is 0 Å². The van der Waals surface area contributed by atoms with E-state index >= 15 is 0 Å². The fraction of sp³-hybridized carbons (Fsp3) is 0.200. The summed E-state index contributed by atoms with van der Waals surface area (Å²) in [6.07, 6.45) is -3.75. The number of aliphatic hydroxyl groups excluding tert-OH is 1. The minimum absolute atomic E-state index is 0.0130. The van der Waals surface area contributed by atoms with Gasteiger partial charge in [-0.3, -0.25) is 0 Å². The van der Waals surface area contributed by atoms with Crippen molar-refractivity contribution in [3.8, 4) is 0 Å². The fourth-order valence-corrected chi connectivity index (χ4v) is 1.24. The molecule has 1 N–H and O–H groups in total. The summed E-state index contributed by atoms with van der Waals surface area (Å²) in [5, 5.41) is 8.88. The van der Waals surface area contributed by atoms with Gasteiger partial charge in [-0.2, -0.15) is 13.2 Å². The van der Waals surface area contributed by atoms with Crippen LogP contribution in [0.5, 0.6) is 0 Å². The molecule has 0 aromatic heterocycles. The summed E-state index contributed by atoms with van der Waals surface area (Å²) in [6, 6.07) is 5.26. The van der Waals surface area contributed by atoms with Crippen LogP contribution in [0, 0.1) is 0 Å². The molecule has 0 atom stereocenters. The molecule has 1 aromatic rings. The van der Waals surface area contributed by atoms with Crippen LogP contribution in [-0.2, 0) is 0 Å². The van der Waals surface area contributed by atoms with E-state index in [0.29, 0.717) is 5.02 Å². The predicted molar refractivity (Wildman–Crippen MR) is 52.6 cm³/mol. The van der Waals surface area contributed by atoms with Crippen LogP contribution < -0.4 is 0 Å². The topological polar surface area (TPSA) is 20.2 Å². The molecule has 0 heterocycles. The third kappa shape index (κ3) is 3.25. The van der Waals surface area contributed by atoms with Crippen molar-refractivity contribution in [2.24, 2.45) is 0 Å². The molecule has 1 rings (SSSR count). The van der Waals surface area contributed by atoms with E-state index in [9.17, 15) is 13.2 Å². The minimum atomic E-state index is -4.48. The lowest BCUT2D eigenvalue weighted by Gasteiger charge is -2.11. The lowest BCUT2D eigenvalue weighted by atomic mass is 10.1. The molecule has 1 nitrogen and oxygen atoms in total. The van der Waals surface area contributed by atoms with Crippen LogP contribution in [0.2, 0.25) is 5.02 Å². The van der Waals surface area contributed by atoms with Crippen molar-refractivity contribution >= 4 is 17.2 Å². The normalized spacial score (nSPS) is 13.0. The van der Waals surface area contributed by atoms with Gasteiger partial charge in [0.2, 0.25) is 0 Å². The van der Waals surface area contributed by atoms with Crippen molar-refractivity contribution < 1.29 is 18.3 Å². The Hall–Kier alpha value is -1.00. The molecule has 0 unspecified atom stereocenters. The molecule has 5 heteroatoms. The maximum atomic E-state index is 12.5. The van der Waals surface area contributed by atoms with Gasteiger partial charge in [0, 0.05) is 5.02 Å². The number of rotatable bonds is 2. The first-order valence-corrected chi connectivity index (χ1v) is 4.47. The van der Waals surface area contributed by atoms with Crippen LogP contribution in [0.25, 0.3) is 5.57 Å². The second kappa shape index (κ2) is 4.68. The highest BCUT2D eigenvalue weighted by atomic mass is 35.5. The molecule has 0 aliphatic carbocycles. The van der Waals surface area contributed by atoms with E-state index in [1.54, 1.807) is 0 Å². The van der Waals surface area contributed by atoms with Crippen molar-refractivity contribution in [2.45, 2.75) is 6.18 Å². The Morgan fingerprint density at radius 2 is 1.80 bits per heavy atom. The smallest absolute Gasteiger partial charge is 0.392 e. The first-order valence-electron chi connectivity index (χ1n) is 4.09. The Balaban J connectivity index is 3.11. The van der Waals surface area contributed by atoms with Crippen LogP contribution in [0.3, 0.4) is 0 Å². The monoisotopic (exact) mass is 236 g/mol. The van der Waals surface area contributed by atoms with E-state index in [4.69, 9.17) is 16.7 Å². The lowest BCUT2D eigenvalue weighted by molar-refractivity contribution is -0.0692. The van der Waals surface area contributed by atoms with E-state index in [2.05, 4.69) is 0 Å². The summed E-state index contributed by atoms with van der Waals surface area (Å²) in [6.45, 7) is -0.655. The van der Waals surface area contributed by atoms with Gasteiger partial charge in [-0.05, 0) is 23.8 Å². The number of alkyl halides is 3. The van der Waals surface area contributed by atoms with Crippen LogP contribution in [-0.4, -0.2) is 17.9 Å². The Morgan fingerprint density at radius 3 is 2.20 bits per heavy atom. The van der Waals surface area contributed by atoms with Crippen LogP contribution in [0.15, 0.2) is 30.3 Å². The number of benzene rings is 1. The van der Waals surface area contributed by atoms with Gasteiger partial charge in [-0.25, -0.2) is 0 Å². The van der Waals surface area contributed by atoms with Crippen molar-refractivity contribution in [2.75, 3.05) is 6.61 Å². The van der Waals surface area contributed by atoms with Gasteiger partial charge in [-0.1, -0.05) is 23.7 Å². The SMILES string of the molecule is OC/C=C(/c1ccc(Cl)cc1)C(F)(F)F. The summed E-state index contributed by atoms with van der Waals surface area (Å²) < 4.78 is 37.4. The molecule has 0 fully saturated rings. The zero-order valence-electron chi connectivity index (χ0n) is 7.55. The summed E-state index contributed by atoms with van der Waals surface area (Å²) in [5.41, 5.74) is -0.873. The fourth-order valence-electron chi connectivity index (χ4n) is 1.12. The molecule has 0 aliphatic rings. The van der Waals surface area contributed by atoms with E-state index in [0.717, 1.165) is 6.08 Å². The largest absolute Gasteiger partial charge is 0.416 e. The standard InChI is InChI=1S/C10H8ClF3O/c11-8-3-1-7(2-4-8)9(5-6-15)10(12,13)14/h1-5,15H,6H2/b9-5-. The first-order chi connectivity index (χ1) is 6.95. The summed E-state index contributed by atoms with van der Waals surface area (Å²) >= 11 is 5.56. The Bertz CT molecular complexity index is 354. The Labute approximate surface area is 89.8 Å². The molecule has 15 heavy (non-hydrogen) atoms. The highest BCUT2D eigenvalue weighted by molar-refractivity contribution is 6.30.